The number of rotatable bonds is 4. The Morgan fingerprint density at radius 3 is 2.60 bits per heavy atom. The fraction of sp³-hybridized carbons (Fsp3) is 0.500. The van der Waals surface area contributed by atoms with Gasteiger partial charge in [-0.05, 0) is 44.0 Å². The average molecular weight is 273 g/mol. The molecule has 0 saturated carbocycles. The number of benzene rings is 1. The van der Waals surface area contributed by atoms with Gasteiger partial charge in [0.1, 0.15) is 5.75 Å². The summed E-state index contributed by atoms with van der Waals surface area (Å²) >= 11 is 3.48. The van der Waals surface area contributed by atoms with Crippen LogP contribution in [0.4, 0.5) is 0 Å². The third-order valence-corrected chi connectivity index (χ3v) is 3.32. The highest BCUT2D eigenvalue weighted by atomic mass is 79.9. The SMILES string of the molecule is Cc1c(Br)ccc(OCCC(C)O)c1C. The van der Waals surface area contributed by atoms with Crippen LogP contribution in [0.2, 0.25) is 0 Å². The quantitative estimate of drug-likeness (QED) is 0.912. The lowest BCUT2D eigenvalue weighted by Gasteiger charge is -2.12. The molecule has 1 atom stereocenters. The number of hydrogen-bond donors (Lipinski definition) is 1. The molecule has 0 spiro atoms. The van der Waals surface area contributed by atoms with Crippen molar-refractivity contribution in [1.82, 2.24) is 0 Å². The van der Waals surface area contributed by atoms with Crippen LogP contribution >= 0.6 is 15.9 Å². The Bertz CT molecular complexity index is 335. The van der Waals surface area contributed by atoms with E-state index >= 15 is 0 Å². The van der Waals surface area contributed by atoms with Crippen LogP contribution in [-0.4, -0.2) is 17.8 Å². The molecule has 1 aromatic rings. The third kappa shape index (κ3) is 3.50. The number of aliphatic hydroxyl groups is 1. The highest BCUT2D eigenvalue weighted by molar-refractivity contribution is 9.10. The summed E-state index contributed by atoms with van der Waals surface area (Å²) < 4.78 is 6.70. The van der Waals surface area contributed by atoms with Crippen LogP contribution in [0.25, 0.3) is 0 Å². The highest BCUT2D eigenvalue weighted by Crippen LogP contribution is 2.27. The molecule has 0 bridgehead atoms. The first-order chi connectivity index (χ1) is 7.02. The molecular weight excluding hydrogens is 256 g/mol. The second kappa shape index (κ2) is 5.52. The van der Waals surface area contributed by atoms with Crippen LogP contribution in [0.5, 0.6) is 5.75 Å². The lowest BCUT2D eigenvalue weighted by molar-refractivity contribution is 0.155. The van der Waals surface area contributed by atoms with Gasteiger partial charge in [0.2, 0.25) is 0 Å². The second-order valence-corrected chi connectivity index (χ2v) is 4.64. The number of aliphatic hydroxyl groups excluding tert-OH is 1. The first kappa shape index (κ1) is 12.5. The van der Waals surface area contributed by atoms with Crippen molar-refractivity contribution in [2.24, 2.45) is 0 Å². The Kier molecular flexibility index (Phi) is 4.61. The van der Waals surface area contributed by atoms with Gasteiger partial charge in [-0.1, -0.05) is 15.9 Å². The van der Waals surface area contributed by atoms with Gasteiger partial charge in [0.15, 0.2) is 0 Å². The van der Waals surface area contributed by atoms with Gasteiger partial charge in [-0.25, -0.2) is 0 Å². The van der Waals surface area contributed by atoms with Crippen LogP contribution in [0, 0.1) is 13.8 Å². The van der Waals surface area contributed by atoms with Crippen molar-refractivity contribution in [1.29, 1.82) is 0 Å². The van der Waals surface area contributed by atoms with E-state index in [0.29, 0.717) is 13.0 Å². The van der Waals surface area contributed by atoms with Crippen LogP contribution < -0.4 is 4.74 Å². The smallest absolute Gasteiger partial charge is 0.122 e. The molecule has 0 saturated heterocycles. The van der Waals surface area contributed by atoms with Crippen molar-refractivity contribution >= 4 is 15.9 Å². The molecule has 1 rings (SSSR count). The van der Waals surface area contributed by atoms with Crippen LogP contribution in [0.3, 0.4) is 0 Å². The summed E-state index contributed by atoms with van der Waals surface area (Å²) in [5.41, 5.74) is 2.35. The van der Waals surface area contributed by atoms with E-state index in [1.807, 2.05) is 19.1 Å². The van der Waals surface area contributed by atoms with E-state index in [-0.39, 0.29) is 6.10 Å². The lowest BCUT2D eigenvalue weighted by atomic mass is 10.1. The van der Waals surface area contributed by atoms with Gasteiger partial charge in [0.05, 0.1) is 12.7 Å². The molecule has 0 amide bonds. The Morgan fingerprint density at radius 1 is 1.33 bits per heavy atom. The topological polar surface area (TPSA) is 29.5 Å². The maximum Gasteiger partial charge on any atom is 0.122 e. The standard InChI is InChI=1S/C12H17BrO2/c1-8(14)6-7-15-12-5-4-11(13)9(2)10(12)3/h4-5,8,14H,6-7H2,1-3H3. The van der Waals surface area contributed by atoms with Gasteiger partial charge in [0.25, 0.3) is 0 Å². The van der Waals surface area contributed by atoms with Gasteiger partial charge in [-0.15, -0.1) is 0 Å². The molecule has 0 aliphatic rings. The van der Waals surface area contributed by atoms with E-state index in [9.17, 15) is 0 Å². The summed E-state index contributed by atoms with van der Waals surface area (Å²) in [5.74, 6) is 0.899. The van der Waals surface area contributed by atoms with Gasteiger partial charge in [-0.2, -0.15) is 0 Å². The molecule has 0 aromatic heterocycles. The minimum Gasteiger partial charge on any atom is -0.493 e. The van der Waals surface area contributed by atoms with E-state index in [4.69, 9.17) is 9.84 Å². The van der Waals surface area contributed by atoms with E-state index in [1.165, 1.54) is 5.56 Å². The Hall–Kier alpha value is -0.540. The lowest BCUT2D eigenvalue weighted by Crippen LogP contribution is -2.08. The molecule has 15 heavy (non-hydrogen) atoms. The second-order valence-electron chi connectivity index (χ2n) is 3.78. The summed E-state index contributed by atoms with van der Waals surface area (Å²) in [6, 6.07) is 3.94. The zero-order valence-corrected chi connectivity index (χ0v) is 11.0. The predicted octanol–water partition coefficient (Wildman–Crippen LogP) is 3.22. The van der Waals surface area contributed by atoms with Crippen molar-refractivity contribution in [3.63, 3.8) is 0 Å². The fourth-order valence-corrected chi connectivity index (χ4v) is 1.69. The first-order valence-corrected chi connectivity index (χ1v) is 5.88. The van der Waals surface area contributed by atoms with Crippen LogP contribution in [0.15, 0.2) is 16.6 Å². The third-order valence-electron chi connectivity index (χ3n) is 2.46. The molecular formula is C12H17BrO2. The van der Waals surface area contributed by atoms with Crippen molar-refractivity contribution in [2.45, 2.75) is 33.3 Å². The van der Waals surface area contributed by atoms with Crippen molar-refractivity contribution < 1.29 is 9.84 Å². The van der Waals surface area contributed by atoms with Crippen molar-refractivity contribution in [2.75, 3.05) is 6.61 Å². The summed E-state index contributed by atoms with van der Waals surface area (Å²) in [4.78, 5) is 0. The maximum atomic E-state index is 9.11. The number of ether oxygens (including phenoxy) is 1. The van der Waals surface area contributed by atoms with Crippen molar-refractivity contribution in [3.8, 4) is 5.75 Å². The van der Waals surface area contributed by atoms with Crippen LogP contribution in [0.1, 0.15) is 24.5 Å². The molecule has 2 nitrogen and oxygen atoms in total. The van der Waals surface area contributed by atoms with Crippen molar-refractivity contribution in [3.05, 3.63) is 27.7 Å². The van der Waals surface area contributed by atoms with Gasteiger partial charge in [-0.3, -0.25) is 0 Å². The van der Waals surface area contributed by atoms with Gasteiger partial charge in [0, 0.05) is 10.9 Å². The van der Waals surface area contributed by atoms with E-state index in [2.05, 4.69) is 22.9 Å². The zero-order valence-electron chi connectivity index (χ0n) is 9.38. The van der Waals surface area contributed by atoms with Crippen LogP contribution in [-0.2, 0) is 0 Å². The number of halogens is 1. The Labute approximate surface area is 99.4 Å². The minimum atomic E-state index is -0.304. The Balaban J connectivity index is 2.66. The van der Waals surface area contributed by atoms with E-state index in [0.717, 1.165) is 15.8 Å². The summed E-state index contributed by atoms with van der Waals surface area (Å²) in [7, 11) is 0. The summed E-state index contributed by atoms with van der Waals surface area (Å²) in [6.45, 7) is 6.42. The molecule has 1 N–H and O–H groups in total. The molecule has 84 valence electrons. The molecule has 0 fully saturated rings. The first-order valence-electron chi connectivity index (χ1n) is 5.09. The largest absolute Gasteiger partial charge is 0.493 e. The Morgan fingerprint density at radius 2 is 2.00 bits per heavy atom. The van der Waals surface area contributed by atoms with E-state index < -0.39 is 0 Å². The monoisotopic (exact) mass is 272 g/mol. The van der Waals surface area contributed by atoms with Gasteiger partial charge >= 0.3 is 0 Å². The molecule has 0 aliphatic heterocycles. The number of hydrogen-bond acceptors (Lipinski definition) is 2. The molecule has 0 radical (unpaired) electrons. The molecule has 0 aliphatic carbocycles. The zero-order chi connectivity index (χ0) is 11.4. The van der Waals surface area contributed by atoms with Gasteiger partial charge < -0.3 is 9.84 Å². The normalized spacial score (nSPS) is 12.6. The maximum absolute atomic E-state index is 9.11. The minimum absolute atomic E-state index is 0.304. The average Bonchev–Trinajstić information content (AvgIpc) is 2.18. The molecule has 1 unspecified atom stereocenters. The molecule has 3 heteroatoms. The predicted molar refractivity (Wildman–Crippen MR) is 65.4 cm³/mol. The fourth-order valence-electron chi connectivity index (χ4n) is 1.26. The van der Waals surface area contributed by atoms with E-state index in [1.54, 1.807) is 6.92 Å². The molecule has 1 aromatic carbocycles. The highest BCUT2D eigenvalue weighted by Gasteiger charge is 2.05. The summed E-state index contributed by atoms with van der Waals surface area (Å²) in [6.07, 6.45) is 0.357. The molecule has 0 heterocycles. The summed E-state index contributed by atoms with van der Waals surface area (Å²) in [5, 5.41) is 9.11.